The number of imidazole rings is 1. The molecule has 1 fully saturated rings. The van der Waals surface area contributed by atoms with E-state index < -0.39 is 10.0 Å². The SMILES string of the molecule is CC(NS(=O)(=O)c1ccc2[nH]c(=O)[nH]c2c1)C1CCCCC1. The number of nitrogens with one attached hydrogen (secondary N) is 3. The van der Waals surface area contributed by atoms with Crippen LogP contribution >= 0.6 is 0 Å². The standard InChI is InChI=1S/C15H21N3O3S/c1-10(11-5-3-2-4-6-11)18-22(20,21)12-7-8-13-14(9-12)17-15(19)16-13/h7-11,18H,2-6H2,1H3,(H2,16,17,19). The zero-order chi connectivity index (χ0) is 15.7. The molecular weight excluding hydrogens is 302 g/mol. The molecule has 0 amide bonds. The molecule has 7 heteroatoms. The molecule has 1 aliphatic carbocycles. The number of rotatable bonds is 4. The fourth-order valence-electron chi connectivity index (χ4n) is 3.22. The second-order valence-corrected chi connectivity index (χ2v) is 7.81. The van der Waals surface area contributed by atoms with E-state index in [1.165, 1.54) is 31.4 Å². The van der Waals surface area contributed by atoms with Gasteiger partial charge in [0.25, 0.3) is 0 Å². The van der Waals surface area contributed by atoms with Crippen molar-refractivity contribution in [1.29, 1.82) is 0 Å². The second kappa shape index (κ2) is 5.89. The van der Waals surface area contributed by atoms with Crippen molar-refractivity contribution in [2.45, 2.75) is 50.0 Å². The zero-order valence-electron chi connectivity index (χ0n) is 12.6. The number of benzene rings is 1. The number of sulfonamides is 1. The summed E-state index contributed by atoms with van der Waals surface area (Å²) in [6.45, 7) is 1.93. The van der Waals surface area contributed by atoms with Gasteiger partial charge in [0.05, 0.1) is 15.9 Å². The molecule has 0 aliphatic heterocycles. The van der Waals surface area contributed by atoms with E-state index in [1.807, 2.05) is 6.92 Å². The minimum absolute atomic E-state index is 0.0775. The maximum Gasteiger partial charge on any atom is 0.323 e. The molecule has 120 valence electrons. The van der Waals surface area contributed by atoms with Crippen molar-refractivity contribution in [3.63, 3.8) is 0 Å². The van der Waals surface area contributed by atoms with Gasteiger partial charge in [-0.2, -0.15) is 0 Å². The van der Waals surface area contributed by atoms with Crippen molar-refractivity contribution < 1.29 is 8.42 Å². The van der Waals surface area contributed by atoms with E-state index >= 15 is 0 Å². The van der Waals surface area contributed by atoms with Crippen molar-refractivity contribution in [1.82, 2.24) is 14.7 Å². The number of H-pyrrole nitrogens is 2. The summed E-state index contributed by atoms with van der Waals surface area (Å²) in [5, 5.41) is 0. The predicted octanol–water partition coefficient (Wildman–Crippen LogP) is 2.10. The Balaban J connectivity index is 1.82. The average molecular weight is 323 g/mol. The monoisotopic (exact) mass is 323 g/mol. The molecular formula is C15H21N3O3S. The van der Waals surface area contributed by atoms with Crippen LogP contribution in [0.25, 0.3) is 11.0 Å². The molecule has 0 radical (unpaired) electrons. The molecule has 0 bridgehead atoms. The topological polar surface area (TPSA) is 94.8 Å². The third-order valence-electron chi connectivity index (χ3n) is 4.50. The maximum absolute atomic E-state index is 12.5. The van der Waals surface area contributed by atoms with E-state index in [2.05, 4.69) is 14.7 Å². The first-order valence-electron chi connectivity index (χ1n) is 7.70. The maximum atomic E-state index is 12.5. The fourth-order valence-corrected chi connectivity index (χ4v) is 4.56. The van der Waals surface area contributed by atoms with Crippen molar-refractivity contribution in [3.8, 4) is 0 Å². The van der Waals surface area contributed by atoms with Crippen LogP contribution in [-0.2, 0) is 10.0 Å². The first kappa shape index (κ1) is 15.3. The number of hydrogen-bond acceptors (Lipinski definition) is 3. The molecule has 1 heterocycles. The van der Waals surface area contributed by atoms with E-state index in [9.17, 15) is 13.2 Å². The highest BCUT2D eigenvalue weighted by Crippen LogP contribution is 2.27. The third-order valence-corrected chi connectivity index (χ3v) is 6.05. The van der Waals surface area contributed by atoms with Crippen molar-refractivity contribution >= 4 is 21.1 Å². The molecule has 2 aromatic rings. The molecule has 1 aromatic carbocycles. The molecule has 0 saturated heterocycles. The Morgan fingerprint density at radius 1 is 1.14 bits per heavy atom. The quantitative estimate of drug-likeness (QED) is 0.804. The van der Waals surface area contributed by atoms with Crippen LogP contribution in [0.3, 0.4) is 0 Å². The summed E-state index contributed by atoms with van der Waals surface area (Å²) in [6, 6.07) is 4.53. The highest BCUT2D eigenvalue weighted by atomic mass is 32.2. The Labute approximate surface area is 129 Å². The first-order valence-corrected chi connectivity index (χ1v) is 9.18. The van der Waals surface area contributed by atoms with Crippen LogP contribution < -0.4 is 10.4 Å². The van der Waals surface area contributed by atoms with Gasteiger partial charge in [0.15, 0.2) is 0 Å². The molecule has 1 aromatic heterocycles. The highest BCUT2D eigenvalue weighted by molar-refractivity contribution is 7.89. The van der Waals surface area contributed by atoms with Crippen LogP contribution in [0.4, 0.5) is 0 Å². The average Bonchev–Trinajstić information content (AvgIpc) is 2.86. The van der Waals surface area contributed by atoms with E-state index in [1.54, 1.807) is 6.07 Å². The van der Waals surface area contributed by atoms with Crippen LogP contribution in [0.15, 0.2) is 27.9 Å². The Hall–Kier alpha value is -1.60. The molecule has 1 aliphatic rings. The number of fused-ring (bicyclic) bond motifs is 1. The zero-order valence-corrected chi connectivity index (χ0v) is 13.4. The summed E-state index contributed by atoms with van der Waals surface area (Å²) in [6.07, 6.45) is 5.75. The van der Waals surface area contributed by atoms with Gasteiger partial charge >= 0.3 is 5.69 Å². The van der Waals surface area contributed by atoms with Crippen LogP contribution in [0, 0.1) is 5.92 Å². The third kappa shape index (κ3) is 3.10. The lowest BCUT2D eigenvalue weighted by molar-refractivity contribution is 0.303. The summed E-state index contributed by atoms with van der Waals surface area (Å²) < 4.78 is 27.8. The van der Waals surface area contributed by atoms with Gasteiger partial charge in [0.1, 0.15) is 0 Å². The first-order chi connectivity index (χ1) is 10.5. The van der Waals surface area contributed by atoms with Crippen LogP contribution in [0.2, 0.25) is 0 Å². The van der Waals surface area contributed by atoms with Crippen LogP contribution in [0.1, 0.15) is 39.0 Å². The Morgan fingerprint density at radius 2 is 1.82 bits per heavy atom. The van der Waals surface area contributed by atoms with Crippen LogP contribution in [-0.4, -0.2) is 24.4 Å². The summed E-state index contributed by atoms with van der Waals surface area (Å²) in [5.74, 6) is 0.402. The molecule has 1 atom stereocenters. The molecule has 3 N–H and O–H groups in total. The predicted molar refractivity (Wildman–Crippen MR) is 85.3 cm³/mol. The van der Waals surface area contributed by atoms with Gasteiger partial charge < -0.3 is 9.97 Å². The Bertz CT molecular complexity index is 816. The molecule has 1 unspecified atom stereocenters. The van der Waals surface area contributed by atoms with Crippen molar-refractivity contribution in [2.75, 3.05) is 0 Å². The van der Waals surface area contributed by atoms with E-state index in [0.29, 0.717) is 17.0 Å². The Kier molecular flexibility index (Phi) is 4.10. The summed E-state index contributed by atoms with van der Waals surface area (Å²) in [4.78, 5) is 16.6. The van der Waals surface area contributed by atoms with Crippen LogP contribution in [0.5, 0.6) is 0 Å². The summed E-state index contributed by atoms with van der Waals surface area (Å²) >= 11 is 0. The molecule has 1 saturated carbocycles. The van der Waals surface area contributed by atoms with E-state index in [-0.39, 0.29) is 16.6 Å². The highest BCUT2D eigenvalue weighted by Gasteiger charge is 2.25. The van der Waals surface area contributed by atoms with Gasteiger partial charge in [-0.1, -0.05) is 19.3 Å². The minimum atomic E-state index is -3.58. The second-order valence-electron chi connectivity index (χ2n) is 6.09. The molecule has 3 rings (SSSR count). The summed E-state index contributed by atoms with van der Waals surface area (Å²) in [7, 11) is -3.58. The number of hydrogen-bond donors (Lipinski definition) is 3. The van der Waals surface area contributed by atoms with Gasteiger partial charge in [0, 0.05) is 6.04 Å². The lowest BCUT2D eigenvalue weighted by Gasteiger charge is -2.28. The largest absolute Gasteiger partial charge is 0.323 e. The number of aromatic amines is 2. The molecule has 0 spiro atoms. The lowest BCUT2D eigenvalue weighted by atomic mass is 9.85. The minimum Gasteiger partial charge on any atom is -0.306 e. The smallest absolute Gasteiger partial charge is 0.306 e. The summed E-state index contributed by atoms with van der Waals surface area (Å²) in [5.41, 5.74) is 0.760. The lowest BCUT2D eigenvalue weighted by Crippen LogP contribution is -2.38. The van der Waals surface area contributed by atoms with E-state index in [0.717, 1.165) is 12.8 Å². The Morgan fingerprint density at radius 3 is 2.55 bits per heavy atom. The van der Waals surface area contributed by atoms with Gasteiger partial charge in [0.2, 0.25) is 10.0 Å². The van der Waals surface area contributed by atoms with Gasteiger partial charge in [-0.15, -0.1) is 0 Å². The van der Waals surface area contributed by atoms with Crippen molar-refractivity contribution in [2.24, 2.45) is 5.92 Å². The van der Waals surface area contributed by atoms with Crippen molar-refractivity contribution in [3.05, 3.63) is 28.7 Å². The molecule has 6 nitrogen and oxygen atoms in total. The number of aromatic nitrogens is 2. The van der Waals surface area contributed by atoms with Gasteiger partial charge in [-0.05, 0) is 43.9 Å². The van der Waals surface area contributed by atoms with E-state index in [4.69, 9.17) is 0 Å². The normalized spacial score (nSPS) is 18.6. The van der Waals surface area contributed by atoms with Gasteiger partial charge in [-0.3, -0.25) is 0 Å². The molecule has 22 heavy (non-hydrogen) atoms. The fraction of sp³-hybridized carbons (Fsp3) is 0.533. The van der Waals surface area contributed by atoms with Gasteiger partial charge in [-0.25, -0.2) is 17.9 Å².